The zero-order valence-corrected chi connectivity index (χ0v) is 19.4. The molecule has 1 N–H and O–H groups in total. The van der Waals surface area contributed by atoms with E-state index in [1.807, 2.05) is 18.3 Å². The predicted octanol–water partition coefficient (Wildman–Crippen LogP) is 4.61. The smallest absolute Gasteiger partial charge is 0.407 e. The number of aryl methyl sites for hydroxylation is 5. The molecule has 0 aliphatic carbocycles. The molecule has 160 valence electrons. The molecule has 2 aromatic rings. The summed E-state index contributed by atoms with van der Waals surface area (Å²) < 4.78 is 10.3. The van der Waals surface area contributed by atoms with Crippen LogP contribution in [0.5, 0.6) is 0 Å². The monoisotopic (exact) mass is 438 g/mol. The molecule has 0 spiro atoms. The Kier molecular flexibility index (Phi) is 8.64. The quantitative estimate of drug-likeness (QED) is 0.457. The Bertz CT molecular complexity index is 821. The van der Waals surface area contributed by atoms with Crippen LogP contribution >= 0.6 is 22.7 Å². The zero-order valence-electron chi connectivity index (χ0n) is 17.8. The fourth-order valence-corrected chi connectivity index (χ4v) is 4.58. The van der Waals surface area contributed by atoms with Crippen LogP contribution in [0.3, 0.4) is 0 Å². The van der Waals surface area contributed by atoms with E-state index in [9.17, 15) is 9.59 Å². The van der Waals surface area contributed by atoms with Crippen molar-refractivity contribution in [3.05, 3.63) is 37.5 Å². The number of thiazole rings is 1. The van der Waals surface area contributed by atoms with Gasteiger partial charge in [0.2, 0.25) is 0 Å². The third-order valence-electron chi connectivity index (χ3n) is 3.94. The van der Waals surface area contributed by atoms with Gasteiger partial charge in [0.1, 0.15) is 12.1 Å². The fraction of sp³-hybridized carbons (Fsp3) is 0.571. The first kappa shape index (κ1) is 23.3. The Morgan fingerprint density at radius 1 is 1.17 bits per heavy atom. The number of carbonyl (C=O) groups excluding carboxylic acids is 2. The highest BCUT2D eigenvalue weighted by Gasteiger charge is 2.17. The van der Waals surface area contributed by atoms with Crippen molar-refractivity contribution in [3.63, 3.8) is 0 Å². The maximum atomic E-state index is 11.7. The fourth-order valence-electron chi connectivity index (χ4n) is 2.71. The summed E-state index contributed by atoms with van der Waals surface area (Å²) in [7, 11) is 0. The summed E-state index contributed by atoms with van der Waals surface area (Å²) >= 11 is 3.51. The number of esters is 1. The van der Waals surface area contributed by atoms with Gasteiger partial charge in [0.05, 0.1) is 17.3 Å². The molecular weight excluding hydrogens is 408 g/mol. The van der Waals surface area contributed by atoms with Crippen LogP contribution in [0.1, 0.15) is 53.2 Å². The Labute approximate surface area is 180 Å². The Balaban J connectivity index is 1.65. The molecule has 1 amide bonds. The molecule has 2 heterocycles. The minimum atomic E-state index is -0.599. The second-order valence-electron chi connectivity index (χ2n) is 7.86. The van der Waals surface area contributed by atoms with E-state index < -0.39 is 17.7 Å². The first-order valence-corrected chi connectivity index (χ1v) is 11.4. The van der Waals surface area contributed by atoms with Crippen LogP contribution in [0, 0.1) is 13.8 Å². The van der Waals surface area contributed by atoms with Crippen molar-refractivity contribution in [2.24, 2.45) is 0 Å². The van der Waals surface area contributed by atoms with Gasteiger partial charge in [0, 0.05) is 15.1 Å². The molecule has 0 saturated heterocycles. The number of amides is 1. The molecule has 2 aromatic heterocycles. The van der Waals surface area contributed by atoms with Crippen LogP contribution < -0.4 is 5.32 Å². The summed E-state index contributed by atoms with van der Waals surface area (Å²) in [5, 5.41) is 5.65. The number of nitrogens with zero attached hydrogens (tertiary/aromatic N) is 1. The molecule has 0 unspecified atom stereocenters. The SMILES string of the molecule is Cc1nc(CCc2cc(C)c(CCCOC(=O)NCC(=O)OC(C)(C)C)s2)cs1. The van der Waals surface area contributed by atoms with Gasteiger partial charge >= 0.3 is 12.1 Å². The van der Waals surface area contributed by atoms with Crippen molar-refractivity contribution in [1.82, 2.24) is 10.3 Å². The van der Waals surface area contributed by atoms with E-state index in [1.165, 1.54) is 15.3 Å². The van der Waals surface area contributed by atoms with Crippen LogP contribution in [0.4, 0.5) is 4.79 Å². The van der Waals surface area contributed by atoms with Crippen molar-refractivity contribution in [3.8, 4) is 0 Å². The number of thiophene rings is 1. The molecular formula is C21H30N2O4S2. The van der Waals surface area contributed by atoms with Crippen LogP contribution in [0.15, 0.2) is 11.4 Å². The largest absolute Gasteiger partial charge is 0.459 e. The number of alkyl carbamates (subject to hydrolysis) is 1. The highest BCUT2D eigenvalue weighted by atomic mass is 32.1. The second-order valence-corrected chi connectivity index (χ2v) is 10.1. The zero-order chi connectivity index (χ0) is 21.4. The van der Waals surface area contributed by atoms with Crippen molar-refractivity contribution < 1.29 is 19.1 Å². The highest BCUT2D eigenvalue weighted by Crippen LogP contribution is 2.25. The highest BCUT2D eigenvalue weighted by molar-refractivity contribution is 7.12. The number of ether oxygens (including phenoxy) is 2. The predicted molar refractivity (Wildman–Crippen MR) is 117 cm³/mol. The molecule has 0 aromatic carbocycles. The van der Waals surface area contributed by atoms with Gasteiger partial charge < -0.3 is 14.8 Å². The lowest BCUT2D eigenvalue weighted by Gasteiger charge is -2.19. The lowest BCUT2D eigenvalue weighted by molar-refractivity contribution is -0.153. The number of carbonyl (C=O) groups is 2. The van der Waals surface area contributed by atoms with Crippen molar-refractivity contribution in [2.75, 3.05) is 13.2 Å². The van der Waals surface area contributed by atoms with Gasteiger partial charge in [-0.2, -0.15) is 0 Å². The topological polar surface area (TPSA) is 77.5 Å². The summed E-state index contributed by atoms with van der Waals surface area (Å²) in [6.07, 6.45) is 2.97. The minimum Gasteiger partial charge on any atom is -0.459 e. The molecule has 0 aliphatic heterocycles. The summed E-state index contributed by atoms with van der Waals surface area (Å²) in [5.74, 6) is -0.482. The molecule has 0 radical (unpaired) electrons. The second kappa shape index (κ2) is 10.7. The molecule has 0 fully saturated rings. The lowest BCUT2D eigenvalue weighted by atomic mass is 10.1. The van der Waals surface area contributed by atoms with Crippen molar-refractivity contribution in [2.45, 2.75) is 65.9 Å². The first-order chi connectivity index (χ1) is 13.6. The van der Waals surface area contributed by atoms with E-state index in [2.05, 4.69) is 28.7 Å². The Morgan fingerprint density at radius 3 is 2.59 bits per heavy atom. The lowest BCUT2D eigenvalue weighted by Crippen LogP contribution is -2.35. The molecule has 2 rings (SSSR count). The number of hydrogen-bond acceptors (Lipinski definition) is 7. The molecule has 6 nitrogen and oxygen atoms in total. The minimum absolute atomic E-state index is 0.192. The van der Waals surface area contributed by atoms with Crippen LogP contribution in [0.2, 0.25) is 0 Å². The van der Waals surface area contributed by atoms with E-state index in [0.717, 1.165) is 36.4 Å². The molecule has 0 saturated carbocycles. The summed E-state index contributed by atoms with van der Waals surface area (Å²) in [6, 6.07) is 2.24. The Morgan fingerprint density at radius 2 is 1.93 bits per heavy atom. The number of hydrogen-bond donors (Lipinski definition) is 1. The summed E-state index contributed by atoms with van der Waals surface area (Å²) in [4.78, 5) is 30.4. The van der Waals surface area contributed by atoms with Crippen LogP contribution in [-0.2, 0) is 33.5 Å². The van der Waals surface area contributed by atoms with Gasteiger partial charge in [-0.1, -0.05) is 0 Å². The molecule has 29 heavy (non-hydrogen) atoms. The maximum Gasteiger partial charge on any atom is 0.407 e. The third kappa shape index (κ3) is 8.95. The molecule has 0 bridgehead atoms. The average molecular weight is 439 g/mol. The van der Waals surface area contributed by atoms with Gasteiger partial charge in [0.15, 0.2) is 0 Å². The first-order valence-electron chi connectivity index (χ1n) is 9.74. The van der Waals surface area contributed by atoms with Gasteiger partial charge in [-0.25, -0.2) is 9.78 Å². The van der Waals surface area contributed by atoms with E-state index in [4.69, 9.17) is 9.47 Å². The summed E-state index contributed by atoms with van der Waals surface area (Å²) in [5.41, 5.74) is 1.87. The van der Waals surface area contributed by atoms with Crippen molar-refractivity contribution >= 4 is 34.7 Å². The van der Waals surface area contributed by atoms with Crippen LogP contribution in [-0.4, -0.2) is 35.8 Å². The number of rotatable bonds is 9. The molecule has 8 heteroatoms. The third-order valence-corrected chi connectivity index (χ3v) is 6.12. The number of aromatic nitrogens is 1. The average Bonchev–Trinajstić information content (AvgIpc) is 3.19. The van der Waals surface area contributed by atoms with E-state index >= 15 is 0 Å². The standard InChI is InChI=1S/C21H30N2O4S2/c1-14-11-17(9-8-16-13-28-15(2)23-16)29-18(14)7-6-10-26-20(25)22-12-19(24)27-21(3,4)5/h11,13H,6-10,12H2,1-5H3,(H,22,25). The van der Waals surface area contributed by atoms with Gasteiger partial charge in [-0.3, -0.25) is 4.79 Å². The van der Waals surface area contributed by atoms with E-state index in [-0.39, 0.29) is 6.54 Å². The van der Waals surface area contributed by atoms with Crippen molar-refractivity contribution in [1.29, 1.82) is 0 Å². The van der Waals surface area contributed by atoms with Gasteiger partial charge in [-0.15, -0.1) is 22.7 Å². The van der Waals surface area contributed by atoms with E-state index in [0.29, 0.717) is 6.61 Å². The Hall–Kier alpha value is -1.93. The summed E-state index contributed by atoms with van der Waals surface area (Å²) in [6.45, 7) is 9.61. The number of nitrogens with one attached hydrogen (secondary N) is 1. The molecule has 0 aliphatic rings. The molecule has 0 atom stereocenters. The van der Waals surface area contributed by atoms with Gasteiger partial charge in [-0.05, 0) is 71.9 Å². The maximum absolute atomic E-state index is 11.7. The normalized spacial score (nSPS) is 11.3. The van der Waals surface area contributed by atoms with E-state index in [1.54, 1.807) is 32.1 Å². The van der Waals surface area contributed by atoms with Gasteiger partial charge in [0.25, 0.3) is 0 Å². The van der Waals surface area contributed by atoms with Crippen LogP contribution in [0.25, 0.3) is 0 Å².